The normalized spacial score (nSPS) is 17.4. The predicted octanol–water partition coefficient (Wildman–Crippen LogP) is 6.81. The third kappa shape index (κ3) is 5.90. The van der Waals surface area contributed by atoms with Gasteiger partial charge in [0.25, 0.3) is 0 Å². The topological polar surface area (TPSA) is 114 Å². The van der Waals surface area contributed by atoms with Gasteiger partial charge in [-0.25, -0.2) is 9.67 Å². The Morgan fingerprint density at radius 1 is 0.978 bits per heavy atom. The first-order valence-electron chi connectivity index (χ1n) is 16.2. The highest BCUT2D eigenvalue weighted by Crippen LogP contribution is 2.41. The lowest BCUT2D eigenvalue weighted by Crippen LogP contribution is -2.45. The number of nitrogens with one attached hydrogen (secondary N) is 1. The molecule has 2 aliphatic rings. The maximum atomic E-state index is 6.74. The van der Waals surface area contributed by atoms with Crippen LogP contribution in [0.5, 0.6) is 17.2 Å². The molecule has 1 aromatic carbocycles. The van der Waals surface area contributed by atoms with E-state index >= 15 is 0 Å². The number of hydrogen-bond acceptors (Lipinski definition) is 10. The SMILES string of the molecule is COc1cc(-n2cnc(Nc3nc(N4CCC[C@H]4CO[Si](C)(C)C(C)(C)C)c4c(C)nn(C5CCC5)c4n3)c2)cc(OC)c1OC. The number of aryl methyl sites for hydroxylation is 1. The molecule has 1 aliphatic heterocycles. The quantitative estimate of drug-likeness (QED) is 0.174. The molecule has 1 aliphatic carbocycles. The lowest BCUT2D eigenvalue weighted by molar-refractivity contribution is 0.263. The summed E-state index contributed by atoms with van der Waals surface area (Å²) in [6, 6.07) is 4.37. The van der Waals surface area contributed by atoms with Crippen LogP contribution in [0.4, 0.5) is 17.6 Å². The van der Waals surface area contributed by atoms with Crippen LogP contribution in [-0.2, 0) is 4.43 Å². The van der Waals surface area contributed by atoms with E-state index < -0.39 is 8.32 Å². The van der Waals surface area contributed by atoms with Crippen LogP contribution in [0.25, 0.3) is 16.7 Å². The zero-order chi connectivity index (χ0) is 32.8. The fourth-order valence-electron chi connectivity index (χ4n) is 6.00. The van der Waals surface area contributed by atoms with Crippen LogP contribution in [0, 0.1) is 6.92 Å². The molecule has 4 heterocycles. The molecule has 248 valence electrons. The number of nitrogens with zero attached hydrogens (tertiary/aromatic N) is 7. The average Bonchev–Trinajstić information content (AvgIpc) is 3.73. The molecule has 1 saturated heterocycles. The molecule has 0 bridgehead atoms. The minimum Gasteiger partial charge on any atom is -0.493 e. The van der Waals surface area contributed by atoms with Crippen molar-refractivity contribution in [1.82, 2.24) is 29.3 Å². The third-order valence-electron chi connectivity index (χ3n) is 9.99. The summed E-state index contributed by atoms with van der Waals surface area (Å²) in [6.07, 6.45) is 9.24. The van der Waals surface area contributed by atoms with E-state index in [2.05, 4.69) is 60.7 Å². The van der Waals surface area contributed by atoms with E-state index in [1.54, 1.807) is 27.7 Å². The van der Waals surface area contributed by atoms with Crippen molar-refractivity contribution in [2.45, 2.75) is 90.0 Å². The van der Waals surface area contributed by atoms with Crippen molar-refractivity contribution in [2.24, 2.45) is 0 Å². The van der Waals surface area contributed by atoms with E-state index in [9.17, 15) is 0 Å². The van der Waals surface area contributed by atoms with Crippen LogP contribution in [0.15, 0.2) is 24.7 Å². The molecule has 13 heteroatoms. The molecule has 0 radical (unpaired) electrons. The molecular weight excluding hydrogens is 601 g/mol. The lowest BCUT2D eigenvalue weighted by Gasteiger charge is -2.38. The van der Waals surface area contributed by atoms with Crippen molar-refractivity contribution in [1.29, 1.82) is 0 Å². The molecule has 1 atom stereocenters. The standard InChI is InChI=1S/C33H48N8O4Si/c1-21-28-30(40-15-11-14-23(40)19-45-46(8,9)33(2,3)4)36-32(37-31(28)41(38-21)22-12-10-13-22)35-27-18-39(20-34-27)24-16-25(42-5)29(44-7)26(17-24)43-6/h16-18,20,22-23H,10-15,19H2,1-9H3,(H,35,36,37)/t23-/m0/s1. The Bertz CT molecular complexity index is 1680. The van der Waals surface area contributed by atoms with E-state index in [-0.39, 0.29) is 11.1 Å². The van der Waals surface area contributed by atoms with Crippen LogP contribution in [0.1, 0.15) is 64.6 Å². The molecule has 12 nitrogen and oxygen atoms in total. The van der Waals surface area contributed by atoms with E-state index in [0.717, 1.165) is 60.5 Å². The van der Waals surface area contributed by atoms with Gasteiger partial charge < -0.3 is 33.4 Å². The number of fused-ring (bicyclic) bond motifs is 1. The summed E-state index contributed by atoms with van der Waals surface area (Å²) in [7, 11) is 2.90. The summed E-state index contributed by atoms with van der Waals surface area (Å²) in [4.78, 5) is 17.3. The third-order valence-corrected chi connectivity index (χ3v) is 14.5. The minimum absolute atomic E-state index is 0.154. The van der Waals surface area contributed by atoms with E-state index in [4.69, 9.17) is 33.7 Å². The van der Waals surface area contributed by atoms with Crippen molar-refractivity contribution in [3.05, 3.63) is 30.4 Å². The molecule has 4 aromatic rings. The maximum absolute atomic E-state index is 6.74. The van der Waals surface area contributed by atoms with Gasteiger partial charge in [0.05, 0.1) is 63.0 Å². The minimum atomic E-state index is -1.90. The first-order valence-corrected chi connectivity index (χ1v) is 19.1. The van der Waals surface area contributed by atoms with E-state index in [1.807, 2.05) is 22.9 Å². The summed E-state index contributed by atoms with van der Waals surface area (Å²) >= 11 is 0. The summed E-state index contributed by atoms with van der Waals surface area (Å²) in [5, 5.41) is 9.59. The number of methoxy groups -OCH3 is 3. The number of aromatic nitrogens is 6. The molecule has 1 N–H and O–H groups in total. The number of imidazole rings is 1. The van der Waals surface area contributed by atoms with Gasteiger partial charge in [-0.05, 0) is 57.2 Å². The van der Waals surface area contributed by atoms with Crippen LogP contribution < -0.4 is 24.4 Å². The monoisotopic (exact) mass is 648 g/mol. The average molecular weight is 649 g/mol. The molecule has 2 fully saturated rings. The van der Waals surface area contributed by atoms with Crippen LogP contribution in [-0.4, -0.2) is 78.1 Å². The Morgan fingerprint density at radius 2 is 1.70 bits per heavy atom. The Labute approximate surface area is 272 Å². The van der Waals surface area contributed by atoms with Crippen molar-refractivity contribution in [3.63, 3.8) is 0 Å². The van der Waals surface area contributed by atoms with Crippen LogP contribution in [0.3, 0.4) is 0 Å². The van der Waals surface area contributed by atoms with Gasteiger partial charge in [-0.15, -0.1) is 0 Å². The second-order valence-corrected chi connectivity index (χ2v) is 18.7. The molecule has 0 spiro atoms. The summed E-state index contributed by atoms with van der Waals surface area (Å²) in [6.45, 7) is 15.2. The number of anilines is 3. The zero-order valence-corrected chi connectivity index (χ0v) is 29.7. The molecule has 46 heavy (non-hydrogen) atoms. The van der Waals surface area contributed by atoms with Gasteiger partial charge in [-0.3, -0.25) is 0 Å². The molecule has 6 rings (SSSR count). The van der Waals surface area contributed by atoms with Crippen molar-refractivity contribution >= 4 is 36.9 Å². The Balaban J connectivity index is 1.35. The maximum Gasteiger partial charge on any atom is 0.232 e. The van der Waals surface area contributed by atoms with Gasteiger partial charge in [0.1, 0.15) is 12.1 Å². The summed E-state index contributed by atoms with van der Waals surface area (Å²) in [5.74, 6) is 3.70. The largest absolute Gasteiger partial charge is 0.493 e. The molecule has 0 amide bonds. The molecular formula is C33H48N8O4Si. The highest BCUT2D eigenvalue weighted by atomic mass is 28.4. The smallest absolute Gasteiger partial charge is 0.232 e. The molecule has 0 unspecified atom stereocenters. The van der Waals surface area contributed by atoms with Crippen molar-refractivity contribution in [3.8, 4) is 22.9 Å². The Morgan fingerprint density at radius 3 is 2.30 bits per heavy atom. The van der Waals surface area contributed by atoms with Gasteiger partial charge in [-0.2, -0.15) is 15.1 Å². The van der Waals surface area contributed by atoms with E-state index in [1.165, 1.54) is 6.42 Å². The zero-order valence-electron chi connectivity index (χ0n) is 28.7. The first-order chi connectivity index (χ1) is 21.9. The van der Waals surface area contributed by atoms with Gasteiger partial charge in [-0.1, -0.05) is 20.8 Å². The summed E-state index contributed by atoms with van der Waals surface area (Å²) < 4.78 is 27.4. The Hall–Kier alpha value is -3.84. The van der Waals surface area contributed by atoms with Gasteiger partial charge in [0.15, 0.2) is 31.3 Å². The fraction of sp³-hybridized carbons (Fsp3) is 0.576. The van der Waals surface area contributed by atoms with Gasteiger partial charge in [0.2, 0.25) is 11.7 Å². The number of benzene rings is 1. The van der Waals surface area contributed by atoms with E-state index in [0.29, 0.717) is 41.7 Å². The highest BCUT2D eigenvalue weighted by Gasteiger charge is 2.39. The van der Waals surface area contributed by atoms with Crippen molar-refractivity contribution < 1.29 is 18.6 Å². The second kappa shape index (κ2) is 12.4. The highest BCUT2D eigenvalue weighted by molar-refractivity contribution is 6.74. The van der Waals surface area contributed by atoms with Crippen molar-refractivity contribution in [2.75, 3.05) is 44.7 Å². The lowest BCUT2D eigenvalue weighted by atomic mass is 9.93. The second-order valence-electron chi connectivity index (χ2n) is 13.9. The first kappa shape index (κ1) is 32.1. The molecule has 3 aromatic heterocycles. The fourth-order valence-corrected chi connectivity index (χ4v) is 7.05. The number of ether oxygens (including phenoxy) is 3. The number of hydrogen-bond donors (Lipinski definition) is 1. The predicted molar refractivity (Wildman–Crippen MR) is 183 cm³/mol. The van der Waals surface area contributed by atoms with Gasteiger partial charge in [0, 0.05) is 18.7 Å². The summed E-state index contributed by atoms with van der Waals surface area (Å²) in [5.41, 5.74) is 2.65. The molecule has 1 saturated carbocycles. The Kier molecular flexibility index (Phi) is 8.66. The van der Waals surface area contributed by atoms with Gasteiger partial charge >= 0.3 is 0 Å². The number of rotatable bonds is 11. The van der Waals surface area contributed by atoms with Crippen LogP contribution in [0.2, 0.25) is 18.1 Å². The van der Waals surface area contributed by atoms with Crippen LogP contribution >= 0.6 is 0 Å².